The summed E-state index contributed by atoms with van der Waals surface area (Å²) in [7, 11) is 0. The van der Waals surface area contributed by atoms with E-state index < -0.39 is 0 Å². The van der Waals surface area contributed by atoms with E-state index in [9.17, 15) is 0 Å². The molecule has 2 nitrogen and oxygen atoms in total. The Morgan fingerprint density at radius 1 is 1.21 bits per heavy atom. The van der Waals surface area contributed by atoms with Crippen molar-refractivity contribution in [1.29, 1.82) is 0 Å². The molecule has 1 heterocycles. The molecule has 98 valence electrons. The number of benzene rings is 2. The van der Waals surface area contributed by atoms with E-state index in [2.05, 4.69) is 68.9 Å². The number of fused-ring (bicyclic) bond motifs is 1. The van der Waals surface area contributed by atoms with Crippen molar-refractivity contribution in [3.63, 3.8) is 0 Å². The van der Waals surface area contributed by atoms with Crippen LogP contribution in [0.1, 0.15) is 22.7 Å². The van der Waals surface area contributed by atoms with Crippen molar-refractivity contribution < 1.29 is 4.74 Å². The van der Waals surface area contributed by atoms with Gasteiger partial charge in [-0.1, -0.05) is 34.1 Å². The molecule has 1 atom stereocenters. The van der Waals surface area contributed by atoms with E-state index in [0.717, 1.165) is 34.4 Å². The fourth-order valence-corrected chi connectivity index (χ4v) is 3.46. The highest BCUT2D eigenvalue weighted by atomic mass is 127. The smallest absolute Gasteiger partial charge is 0.127 e. The minimum Gasteiger partial charge on any atom is -0.493 e. The number of hydrogen-bond acceptors (Lipinski definition) is 2. The van der Waals surface area contributed by atoms with Crippen LogP contribution in [0.5, 0.6) is 5.75 Å². The van der Waals surface area contributed by atoms with Crippen LogP contribution in [0.2, 0.25) is 0 Å². The van der Waals surface area contributed by atoms with Crippen LogP contribution in [0.15, 0.2) is 40.9 Å². The molecule has 2 aromatic rings. The summed E-state index contributed by atoms with van der Waals surface area (Å²) in [6, 6.07) is 12.3. The van der Waals surface area contributed by atoms with Crippen LogP contribution in [0, 0.1) is 3.57 Å². The highest BCUT2D eigenvalue weighted by molar-refractivity contribution is 14.1. The van der Waals surface area contributed by atoms with E-state index in [1.807, 2.05) is 6.07 Å². The van der Waals surface area contributed by atoms with Gasteiger partial charge in [-0.05, 0) is 51.9 Å². The summed E-state index contributed by atoms with van der Waals surface area (Å²) in [5.41, 5.74) is 9.91. The summed E-state index contributed by atoms with van der Waals surface area (Å²) in [5.74, 6) is 0.978. The normalized spacial score (nSPS) is 14.9. The van der Waals surface area contributed by atoms with Crippen molar-refractivity contribution >= 4 is 38.5 Å². The van der Waals surface area contributed by atoms with Gasteiger partial charge in [-0.25, -0.2) is 0 Å². The first kappa shape index (κ1) is 13.4. The summed E-state index contributed by atoms with van der Waals surface area (Å²) >= 11 is 5.83. The number of ether oxygens (including phenoxy) is 1. The van der Waals surface area contributed by atoms with Gasteiger partial charge in [-0.15, -0.1) is 0 Å². The first-order valence-corrected chi connectivity index (χ1v) is 7.99. The zero-order valence-electron chi connectivity index (χ0n) is 10.2. The Labute approximate surface area is 134 Å². The molecule has 2 aromatic carbocycles. The van der Waals surface area contributed by atoms with Gasteiger partial charge >= 0.3 is 0 Å². The molecule has 3 rings (SSSR count). The van der Waals surface area contributed by atoms with Crippen LogP contribution >= 0.6 is 38.5 Å². The summed E-state index contributed by atoms with van der Waals surface area (Å²) in [6.07, 6.45) is 0.978. The van der Waals surface area contributed by atoms with Crippen molar-refractivity contribution in [3.8, 4) is 5.75 Å². The van der Waals surface area contributed by atoms with Crippen LogP contribution in [-0.4, -0.2) is 6.61 Å². The van der Waals surface area contributed by atoms with Crippen LogP contribution in [0.25, 0.3) is 0 Å². The molecule has 1 aliphatic rings. The predicted molar refractivity (Wildman–Crippen MR) is 88.5 cm³/mol. The van der Waals surface area contributed by atoms with Gasteiger partial charge in [0.15, 0.2) is 0 Å². The van der Waals surface area contributed by atoms with Crippen molar-refractivity contribution in [2.75, 3.05) is 6.61 Å². The van der Waals surface area contributed by atoms with Gasteiger partial charge in [-0.3, -0.25) is 0 Å². The molecule has 19 heavy (non-hydrogen) atoms. The number of halogens is 2. The summed E-state index contributed by atoms with van der Waals surface area (Å²) < 4.78 is 7.97. The van der Waals surface area contributed by atoms with Gasteiger partial charge in [-0.2, -0.15) is 0 Å². The maximum Gasteiger partial charge on any atom is 0.127 e. The van der Waals surface area contributed by atoms with Gasteiger partial charge < -0.3 is 10.5 Å². The van der Waals surface area contributed by atoms with Gasteiger partial charge in [0, 0.05) is 20.0 Å². The first-order valence-electron chi connectivity index (χ1n) is 6.12. The molecule has 0 radical (unpaired) electrons. The van der Waals surface area contributed by atoms with Crippen molar-refractivity contribution in [2.24, 2.45) is 5.73 Å². The number of nitrogens with two attached hydrogens (primary N) is 1. The molecular formula is C15H13BrINO. The van der Waals surface area contributed by atoms with E-state index in [4.69, 9.17) is 10.5 Å². The lowest BCUT2D eigenvalue weighted by Crippen LogP contribution is -2.14. The lowest BCUT2D eigenvalue weighted by molar-refractivity contribution is 0.352. The van der Waals surface area contributed by atoms with Gasteiger partial charge in [0.2, 0.25) is 0 Å². The quantitative estimate of drug-likeness (QED) is 0.731. The molecule has 0 bridgehead atoms. The van der Waals surface area contributed by atoms with E-state index in [1.165, 1.54) is 9.13 Å². The fraction of sp³-hybridized carbons (Fsp3) is 0.200. The highest BCUT2D eigenvalue weighted by Gasteiger charge is 2.22. The Hall–Kier alpha value is -0.590. The minimum atomic E-state index is -0.155. The molecule has 2 N–H and O–H groups in total. The lowest BCUT2D eigenvalue weighted by Gasteiger charge is -2.17. The molecule has 0 spiro atoms. The van der Waals surface area contributed by atoms with Gasteiger partial charge in [0.25, 0.3) is 0 Å². The van der Waals surface area contributed by atoms with Crippen LogP contribution in [-0.2, 0) is 6.42 Å². The van der Waals surface area contributed by atoms with Crippen LogP contribution in [0.3, 0.4) is 0 Å². The van der Waals surface area contributed by atoms with E-state index in [1.54, 1.807) is 0 Å². The third-order valence-corrected chi connectivity index (χ3v) is 4.85. The maximum absolute atomic E-state index is 6.45. The second-order valence-electron chi connectivity index (χ2n) is 4.58. The zero-order valence-corrected chi connectivity index (χ0v) is 13.9. The topological polar surface area (TPSA) is 35.2 Å². The molecule has 4 heteroatoms. The zero-order chi connectivity index (χ0) is 13.4. The van der Waals surface area contributed by atoms with E-state index in [0.29, 0.717) is 0 Å². The second kappa shape index (κ2) is 5.42. The molecule has 0 saturated heterocycles. The van der Waals surface area contributed by atoms with Gasteiger partial charge in [0.05, 0.1) is 12.6 Å². The van der Waals surface area contributed by atoms with Crippen LogP contribution in [0.4, 0.5) is 0 Å². The molecule has 1 unspecified atom stereocenters. The average molecular weight is 430 g/mol. The molecule has 0 amide bonds. The first-order chi connectivity index (χ1) is 9.16. The largest absolute Gasteiger partial charge is 0.493 e. The average Bonchev–Trinajstić information content (AvgIpc) is 2.89. The Morgan fingerprint density at radius 2 is 2.05 bits per heavy atom. The third-order valence-electron chi connectivity index (χ3n) is 3.37. The standard InChI is InChI=1S/C15H13BrINO/c16-10-4-5-13(17)12(8-10)14(18)11-3-1-2-9-6-7-19-15(9)11/h1-5,8,14H,6-7,18H2. The number of para-hydroxylation sites is 1. The highest BCUT2D eigenvalue weighted by Crippen LogP contribution is 2.36. The Morgan fingerprint density at radius 3 is 2.89 bits per heavy atom. The third kappa shape index (κ3) is 2.53. The molecule has 1 aliphatic heterocycles. The van der Waals surface area contributed by atoms with Crippen molar-refractivity contribution in [2.45, 2.75) is 12.5 Å². The molecule has 0 aromatic heterocycles. The number of rotatable bonds is 2. The number of hydrogen-bond donors (Lipinski definition) is 1. The van der Waals surface area contributed by atoms with Gasteiger partial charge in [0.1, 0.15) is 5.75 Å². The molecular weight excluding hydrogens is 417 g/mol. The van der Waals surface area contributed by atoms with E-state index >= 15 is 0 Å². The molecule has 0 fully saturated rings. The summed E-state index contributed by atoms with van der Waals surface area (Å²) in [6.45, 7) is 0.759. The lowest BCUT2D eigenvalue weighted by atomic mass is 9.97. The molecule has 0 aliphatic carbocycles. The van der Waals surface area contributed by atoms with Crippen molar-refractivity contribution in [3.05, 3.63) is 61.1 Å². The van der Waals surface area contributed by atoms with Crippen molar-refractivity contribution in [1.82, 2.24) is 0 Å². The fourth-order valence-electron chi connectivity index (χ4n) is 2.41. The summed E-state index contributed by atoms with van der Waals surface area (Å²) in [5, 5.41) is 0. The Balaban J connectivity index is 2.07. The molecule has 0 saturated carbocycles. The predicted octanol–water partition coefficient (Wildman–Crippen LogP) is 4.04. The monoisotopic (exact) mass is 429 g/mol. The summed E-state index contributed by atoms with van der Waals surface area (Å²) in [4.78, 5) is 0. The second-order valence-corrected chi connectivity index (χ2v) is 6.66. The Bertz CT molecular complexity index is 630. The maximum atomic E-state index is 6.45. The van der Waals surface area contributed by atoms with E-state index in [-0.39, 0.29) is 6.04 Å². The SMILES string of the molecule is NC(c1cc(Br)ccc1I)c1cccc2c1OCC2. The van der Waals surface area contributed by atoms with Crippen LogP contribution < -0.4 is 10.5 Å². The minimum absolute atomic E-state index is 0.155. The Kier molecular flexibility index (Phi) is 3.82.